The number of rotatable bonds is 5. The lowest BCUT2D eigenvalue weighted by molar-refractivity contribution is 0.0526. The van der Waals surface area contributed by atoms with Crippen LogP contribution in [0.2, 0.25) is 0 Å². The standard InChI is InChI=1S/C14H16N2O2S/c1-3-18-14(17)11-4-5-13(15-8-11)16-10(2)12-6-7-19-9-12/h4-10H,3H2,1-2H3,(H,15,16). The molecule has 0 aromatic carbocycles. The molecule has 2 heterocycles. The third-order valence-electron chi connectivity index (χ3n) is 2.68. The predicted molar refractivity (Wildman–Crippen MR) is 76.6 cm³/mol. The Morgan fingerprint density at radius 2 is 2.32 bits per heavy atom. The third kappa shape index (κ3) is 3.54. The molecule has 0 fully saturated rings. The summed E-state index contributed by atoms with van der Waals surface area (Å²) in [6.07, 6.45) is 1.53. The van der Waals surface area contributed by atoms with E-state index in [2.05, 4.69) is 28.7 Å². The maximum atomic E-state index is 11.5. The summed E-state index contributed by atoms with van der Waals surface area (Å²) < 4.78 is 4.91. The maximum absolute atomic E-state index is 11.5. The molecular formula is C14H16N2O2S. The fourth-order valence-corrected chi connectivity index (χ4v) is 2.40. The number of ether oxygens (including phenoxy) is 1. The number of carbonyl (C=O) groups excluding carboxylic acids is 1. The lowest BCUT2D eigenvalue weighted by Crippen LogP contribution is -2.09. The number of thiophene rings is 1. The second-order valence-electron chi connectivity index (χ2n) is 4.08. The number of carbonyl (C=O) groups is 1. The predicted octanol–water partition coefficient (Wildman–Crippen LogP) is 3.49. The molecule has 0 saturated heterocycles. The Morgan fingerprint density at radius 3 is 2.89 bits per heavy atom. The molecule has 0 aliphatic heterocycles. The Hall–Kier alpha value is -1.88. The van der Waals surface area contributed by atoms with Gasteiger partial charge >= 0.3 is 5.97 Å². The van der Waals surface area contributed by atoms with Crippen molar-refractivity contribution in [1.29, 1.82) is 0 Å². The van der Waals surface area contributed by atoms with Gasteiger partial charge in [-0.15, -0.1) is 0 Å². The lowest BCUT2D eigenvalue weighted by atomic mass is 10.2. The van der Waals surface area contributed by atoms with E-state index < -0.39 is 0 Å². The van der Waals surface area contributed by atoms with Crippen molar-refractivity contribution >= 4 is 23.1 Å². The highest BCUT2D eigenvalue weighted by atomic mass is 32.1. The molecule has 0 amide bonds. The minimum absolute atomic E-state index is 0.187. The fraction of sp³-hybridized carbons (Fsp3) is 0.286. The lowest BCUT2D eigenvalue weighted by Gasteiger charge is -2.13. The summed E-state index contributed by atoms with van der Waals surface area (Å²) in [5.74, 6) is 0.402. The Balaban J connectivity index is 2.01. The van der Waals surface area contributed by atoms with Gasteiger partial charge in [0, 0.05) is 6.20 Å². The number of esters is 1. The van der Waals surface area contributed by atoms with Gasteiger partial charge in [-0.2, -0.15) is 11.3 Å². The second-order valence-corrected chi connectivity index (χ2v) is 4.86. The normalized spacial score (nSPS) is 11.9. The van der Waals surface area contributed by atoms with Crippen LogP contribution in [0.25, 0.3) is 0 Å². The zero-order valence-electron chi connectivity index (χ0n) is 10.9. The van der Waals surface area contributed by atoms with Crippen LogP contribution in [0.3, 0.4) is 0 Å². The average molecular weight is 276 g/mol. The molecule has 4 nitrogen and oxygen atoms in total. The van der Waals surface area contributed by atoms with Crippen LogP contribution in [0.1, 0.15) is 35.8 Å². The minimum atomic E-state index is -0.340. The number of nitrogens with one attached hydrogen (secondary N) is 1. The van der Waals surface area contributed by atoms with E-state index in [-0.39, 0.29) is 12.0 Å². The van der Waals surface area contributed by atoms with Crippen LogP contribution < -0.4 is 5.32 Å². The van der Waals surface area contributed by atoms with Crippen LogP contribution in [0, 0.1) is 0 Å². The molecule has 0 saturated carbocycles. The van der Waals surface area contributed by atoms with Crippen molar-refractivity contribution < 1.29 is 9.53 Å². The number of anilines is 1. The average Bonchev–Trinajstić information content (AvgIpc) is 2.94. The smallest absolute Gasteiger partial charge is 0.339 e. The zero-order valence-corrected chi connectivity index (χ0v) is 11.7. The zero-order chi connectivity index (χ0) is 13.7. The molecule has 0 bridgehead atoms. The van der Waals surface area contributed by atoms with Gasteiger partial charge in [-0.3, -0.25) is 0 Å². The summed E-state index contributed by atoms with van der Waals surface area (Å²) in [6.45, 7) is 4.22. The molecule has 0 aliphatic carbocycles. The minimum Gasteiger partial charge on any atom is -0.462 e. The number of nitrogens with zero attached hydrogens (tertiary/aromatic N) is 1. The van der Waals surface area contributed by atoms with E-state index >= 15 is 0 Å². The van der Waals surface area contributed by atoms with Crippen molar-refractivity contribution in [3.63, 3.8) is 0 Å². The highest BCUT2D eigenvalue weighted by molar-refractivity contribution is 7.07. The molecule has 0 spiro atoms. The topological polar surface area (TPSA) is 51.2 Å². The molecule has 0 aliphatic rings. The Labute approximate surface area is 116 Å². The van der Waals surface area contributed by atoms with Gasteiger partial charge in [0.2, 0.25) is 0 Å². The van der Waals surface area contributed by atoms with Crippen LogP contribution >= 0.6 is 11.3 Å². The molecule has 2 rings (SSSR count). The Kier molecular flexibility index (Phi) is 4.52. The third-order valence-corrected chi connectivity index (χ3v) is 3.38. The summed E-state index contributed by atoms with van der Waals surface area (Å²) in [4.78, 5) is 15.7. The van der Waals surface area contributed by atoms with Gasteiger partial charge < -0.3 is 10.1 Å². The van der Waals surface area contributed by atoms with Crippen molar-refractivity contribution in [2.45, 2.75) is 19.9 Å². The molecule has 1 N–H and O–H groups in total. The van der Waals surface area contributed by atoms with E-state index in [9.17, 15) is 4.79 Å². The summed E-state index contributed by atoms with van der Waals surface area (Å²) in [6, 6.07) is 5.77. The number of hydrogen-bond donors (Lipinski definition) is 1. The molecular weight excluding hydrogens is 260 g/mol. The first kappa shape index (κ1) is 13.5. The van der Waals surface area contributed by atoms with Gasteiger partial charge in [0.1, 0.15) is 5.82 Å². The van der Waals surface area contributed by atoms with Crippen molar-refractivity contribution in [3.8, 4) is 0 Å². The van der Waals surface area contributed by atoms with Gasteiger partial charge in [-0.05, 0) is 48.4 Å². The van der Waals surface area contributed by atoms with E-state index in [0.717, 1.165) is 5.82 Å². The largest absolute Gasteiger partial charge is 0.462 e. The summed E-state index contributed by atoms with van der Waals surface area (Å²) in [7, 11) is 0. The van der Waals surface area contributed by atoms with Crippen molar-refractivity contribution in [1.82, 2.24) is 4.98 Å². The fourth-order valence-electron chi connectivity index (χ4n) is 1.64. The van der Waals surface area contributed by atoms with Crippen LogP contribution in [0.15, 0.2) is 35.2 Å². The maximum Gasteiger partial charge on any atom is 0.339 e. The molecule has 5 heteroatoms. The molecule has 1 atom stereocenters. The van der Waals surface area contributed by atoms with Gasteiger partial charge in [-0.25, -0.2) is 9.78 Å². The van der Waals surface area contributed by atoms with E-state index in [0.29, 0.717) is 12.2 Å². The molecule has 1 unspecified atom stereocenters. The van der Waals surface area contributed by atoms with Crippen LogP contribution in [0.5, 0.6) is 0 Å². The first-order valence-corrected chi connectivity index (χ1v) is 7.06. The number of hydrogen-bond acceptors (Lipinski definition) is 5. The van der Waals surface area contributed by atoms with Gasteiger partial charge in [0.25, 0.3) is 0 Å². The highest BCUT2D eigenvalue weighted by Gasteiger charge is 2.09. The van der Waals surface area contributed by atoms with Crippen LogP contribution in [0.4, 0.5) is 5.82 Å². The number of pyridine rings is 1. The van der Waals surface area contributed by atoms with E-state index in [4.69, 9.17) is 4.74 Å². The Morgan fingerprint density at radius 1 is 1.47 bits per heavy atom. The molecule has 2 aromatic rings. The highest BCUT2D eigenvalue weighted by Crippen LogP contribution is 2.20. The Bertz CT molecular complexity index is 523. The van der Waals surface area contributed by atoms with Gasteiger partial charge in [0.05, 0.1) is 18.2 Å². The SMILES string of the molecule is CCOC(=O)c1ccc(NC(C)c2ccsc2)nc1. The van der Waals surface area contributed by atoms with Gasteiger partial charge in [0.15, 0.2) is 0 Å². The summed E-state index contributed by atoms with van der Waals surface area (Å²) >= 11 is 1.67. The first-order valence-electron chi connectivity index (χ1n) is 6.12. The van der Waals surface area contributed by atoms with Crippen molar-refractivity contribution in [3.05, 3.63) is 46.3 Å². The number of aromatic nitrogens is 1. The summed E-state index contributed by atoms with van der Waals surface area (Å²) in [5.41, 5.74) is 1.69. The summed E-state index contributed by atoms with van der Waals surface area (Å²) in [5, 5.41) is 7.43. The van der Waals surface area contributed by atoms with Crippen molar-refractivity contribution in [2.24, 2.45) is 0 Å². The van der Waals surface area contributed by atoms with Crippen molar-refractivity contribution in [2.75, 3.05) is 11.9 Å². The second kappa shape index (κ2) is 6.33. The van der Waals surface area contributed by atoms with Crippen LogP contribution in [-0.4, -0.2) is 17.6 Å². The first-order chi connectivity index (χ1) is 9.20. The van der Waals surface area contributed by atoms with Gasteiger partial charge in [-0.1, -0.05) is 0 Å². The van der Waals surface area contributed by atoms with E-state index in [1.807, 2.05) is 5.38 Å². The molecule has 19 heavy (non-hydrogen) atoms. The van der Waals surface area contributed by atoms with E-state index in [1.54, 1.807) is 30.4 Å². The monoisotopic (exact) mass is 276 g/mol. The van der Waals surface area contributed by atoms with Crippen LogP contribution in [-0.2, 0) is 4.74 Å². The molecule has 0 radical (unpaired) electrons. The van der Waals surface area contributed by atoms with E-state index in [1.165, 1.54) is 11.8 Å². The molecule has 100 valence electrons. The quantitative estimate of drug-likeness (QED) is 0.849. The molecule has 2 aromatic heterocycles.